The average molecular weight is 826 g/mol. The number of carbonyl (C=O) groups is 1. The van der Waals surface area contributed by atoms with Gasteiger partial charge in [0.15, 0.2) is 11.6 Å². The number of halogens is 2. The standard InChI is InChI=1S/C46H49F2N3O5S2/c1-6-55-43(52)19-14-32-9-7-10-33(25-32)41-11-8-22-46(4,5)29-57-24-21-37-36-20-23-51(58(53,54)35-16-12-30(2)13-17-35)42(36)27-40(48)45(37)56-34-15-18-39(47)38(26-34)44-31(3)28-50(41)49-44/h7,9-10,12-13,15-18,20,23,25-28,41H,6,8,11,14,19,21-22,24,29H2,1-5H3. The number of thioether (sulfide) groups is 1. The molecule has 8 nitrogen and oxygen atoms in total. The molecule has 7 rings (SSSR count). The highest BCUT2D eigenvalue weighted by Crippen LogP contribution is 2.40. The highest BCUT2D eigenvalue weighted by Gasteiger charge is 2.27. The van der Waals surface area contributed by atoms with E-state index in [2.05, 4.69) is 26.0 Å². The van der Waals surface area contributed by atoms with Crippen LogP contribution in [-0.2, 0) is 32.4 Å². The lowest BCUT2D eigenvalue weighted by molar-refractivity contribution is -0.143. The predicted molar refractivity (Wildman–Crippen MR) is 226 cm³/mol. The van der Waals surface area contributed by atoms with Gasteiger partial charge in [-0.1, -0.05) is 62.2 Å². The number of aromatic nitrogens is 3. The maximum atomic E-state index is 16.4. The molecular formula is C46H49F2N3O5S2. The number of nitrogens with zero attached hydrogens (tertiary/aromatic N) is 3. The second-order valence-corrected chi connectivity index (χ2v) is 18.8. The monoisotopic (exact) mass is 825 g/mol. The van der Waals surface area contributed by atoms with E-state index in [0.29, 0.717) is 48.3 Å². The Kier molecular flexibility index (Phi) is 12.2. The van der Waals surface area contributed by atoms with E-state index in [1.54, 1.807) is 55.1 Å². The first kappa shape index (κ1) is 41.2. The molecule has 3 heterocycles. The van der Waals surface area contributed by atoms with Crippen LogP contribution in [0, 0.1) is 30.9 Å². The molecule has 1 aliphatic rings. The third kappa shape index (κ3) is 8.88. The normalized spacial score (nSPS) is 16.2. The van der Waals surface area contributed by atoms with Crippen molar-refractivity contribution in [3.8, 4) is 22.8 Å². The van der Waals surface area contributed by atoms with E-state index in [0.717, 1.165) is 51.2 Å². The Balaban J connectivity index is 1.29. The largest absolute Gasteiger partial charge is 0.466 e. The molecule has 58 heavy (non-hydrogen) atoms. The van der Waals surface area contributed by atoms with E-state index >= 15 is 8.78 Å². The Hall–Kier alpha value is -4.94. The van der Waals surface area contributed by atoms with Crippen LogP contribution < -0.4 is 4.74 Å². The molecule has 0 fully saturated rings. The van der Waals surface area contributed by atoms with Gasteiger partial charge in [-0.15, -0.1) is 0 Å². The van der Waals surface area contributed by atoms with Crippen molar-refractivity contribution in [3.63, 3.8) is 0 Å². The van der Waals surface area contributed by atoms with Crippen molar-refractivity contribution in [1.82, 2.24) is 13.8 Å². The third-order valence-electron chi connectivity index (χ3n) is 10.8. The number of benzene rings is 4. The molecule has 1 unspecified atom stereocenters. The Bertz CT molecular complexity index is 2560. The zero-order chi connectivity index (χ0) is 41.2. The molecule has 6 aromatic rings. The summed E-state index contributed by atoms with van der Waals surface area (Å²) in [6.45, 7) is 10.4. The SMILES string of the molecule is CCOC(=O)CCc1cccc(C2CCCC(C)(C)CSCCc3c(c(F)cc4c3ccn4S(=O)(=O)c3ccc(C)cc3)Oc3ccc(F)c(c3)-c3nn2cc3C)c1. The molecule has 0 spiro atoms. The Morgan fingerprint density at radius 3 is 2.59 bits per heavy atom. The van der Waals surface area contributed by atoms with Gasteiger partial charge in [-0.2, -0.15) is 16.9 Å². The molecule has 0 aliphatic carbocycles. The van der Waals surface area contributed by atoms with Crippen LogP contribution >= 0.6 is 11.8 Å². The maximum Gasteiger partial charge on any atom is 0.306 e. The number of rotatable bonds is 7. The molecule has 0 amide bonds. The molecule has 0 radical (unpaired) electrons. The summed E-state index contributed by atoms with van der Waals surface area (Å²) in [5.74, 6) is 0.231. The summed E-state index contributed by atoms with van der Waals surface area (Å²) in [7, 11) is -4.03. The Morgan fingerprint density at radius 1 is 1.02 bits per heavy atom. The first-order chi connectivity index (χ1) is 27.7. The predicted octanol–water partition coefficient (Wildman–Crippen LogP) is 11.0. The topological polar surface area (TPSA) is 92.4 Å². The van der Waals surface area contributed by atoms with Gasteiger partial charge in [0.1, 0.15) is 11.6 Å². The van der Waals surface area contributed by atoms with Gasteiger partial charge in [0.05, 0.1) is 28.8 Å². The smallest absolute Gasteiger partial charge is 0.306 e. The summed E-state index contributed by atoms with van der Waals surface area (Å²) in [5.41, 5.74) is 5.14. The average Bonchev–Trinajstić information content (AvgIpc) is 3.79. The first-order valence-electron chi connectivity index (χ1n) is 19.7. The van der Waals surface area contributed by atoms with Gasteiger partial charge in [-0.3, -0.25) is 9.48 Å². The molecule has 1 atom stereocenters. The van der Waals surface area contributed by atoms with Gasteiger partial charge in [-0.05, 0) is 116 Å². The lowest BCUT2D eigenvalue weighted by atomic mass is 9.87. The molecular weight excluding hydrogens is 777 g/mol. The minimum Gasteiger partial charge on any atom is -0.466 e. The fourth-order valence-corrected chi connectivity index (χ4v) is 10.2. The number of carbonyl (C=O) groups excluding carboxylic acids is 1. The van der Waals surface area contributed by atoms with Crippen molar-refractivity contribution in [2.45, 2.75) is 84.1 Å². The van der Waals surface area contributed by atoms with Gasteiger partial charge < -0.3 is 9.47 Å². The molecule has 0 saturated carbocycles. The van der Waals surface area contributed by atoms with Crippen LogP contribution in [0.3, 0.4) is 0 Å². The van der Waals surface area contributed by atoms with E-state index in [-0.39, 0.29) is 44.9 Å². The molecule has 2 aromatic heterocycles. The molecule has 0 N–H and O–H groups in total. The zero-order valence-electron chi connectivity index (χ0n) is 33.6. The van der Waals surface area contributed by atoms with Crippen molar-refractivity contribution < 1.29 is 31.5 Å². The second kappa shape index (κ2) is 17.1. The summed E-state index contributed by atoms with van der Waals surface area (Å²) in [6.07, 6.45) is 7.27. The third-order valence-corrected chi connectivity index (χ3v) is 14.0. The molecule has 1 aliphatic heterocycles. The number of aryl methyl sites for hydroxylation is 4. The van der Waals surface area contributed by atoms with Crippen LogP contribution in [-0.4, -0.2) is 46.3 Å². The highest BCUT2D eigenvalue weighted by molar-refractivity contribution is 7.99. The van der Waals surface area contributed by atoms with E-state index in [4.69, 9.17) is 14.6 Å². The lowest BCUT2D eigenvalue weighted by Crippen LogP contribution is -2.17. The van der Waals surface area contributed by atoms with Gasteiger partial charge in [-0.25, -0.2) is 21.2 Å². The van der Waals surface area contributed by atoms with Gasteiger partial charge in [0.2, 0.25) is 0 Å². The van der Waals surface area contributed by atoms with Crippen LogP contribution in [0.2, 0.25) is 0 Å². The van der Waals surface area contributed by atoms with E-state index in [1.165, 1.54) is 24.4 Å². The summed E-state index contributed by atoms with van der Waals surface area (Å²) < 4.78 is 74.4. The molecule has 0 saturated heterocycles. The van der Waals surface area contributed by atoms with Crippen molar-refractivity contribution >= 4 is 38.7 Å². The summed E-state index contributed by atoms with van der Waals surface area (Å²) in [4.78, 5) is 12.2. The van der Waals surface area contributed by atoms with Gasteiger partial charge >= 0.3 is 5.97 Å². The van der Waals surface area contributed by atoms with E-state index < -0.39 is 21.7 Å². The van der Waals surface area contributed by atoms with E-state index in [9.17, 15) is 13.2 Å². The zero-order valence-corrected chi connectivity index (χ0v) is 35.2. The van der Waals surface area contributed by atoms with Gasteiger partial charge in [0.25, 0.3) is 10.0 Å². The fraction of sp³-hybridized carbons (Fsp3) is 0.348. The molecule has 304 valence electrons. The van der Waals surface area contributed by atoms with Crippen LogP contribution in [0.1, 0.15) is 80.3 Å². The van der Waals surface area contributed by atoms with Crippen LogP contribution in [0.25, 0.3) is 22.2 Å². The summed E-state index contributed by atoms with van der Waals surface area (Å²) in [6, 6.07) is 21.8. The first-order valence-corrected chi connectivity index (χ1v) is 22.3. The number of fused-ring (bicyclic) bond motifs is 8. The van der Waals surface area contributed by atoms with Crippen LogP contribution in [0.4, 0.5) is 8.78 Å². The van der Waals surface area contributed by atoms with Crippen molar-refractivity contribution in [1.29, 1.82) is 0 Å². The minimum atomic E-state index is -4.03. The highest BCUT2D eigenvalue weighted by atomic mass is 32.2. The van der Waals surface area contributed by atoms with Crippen molar-refractivity contribution in [2.75, 3.05) is 18.1 Å². The summed E-state index contributed by atoms with van der Waals surface area (Å²) in [5, 5.41) is 5.56. The number of ether oxygens (including phenoxy) is 2. The Morgan fingerprint density at radius 2 is 1.81 bits per heavy atom. The number of hydrogen-bond acceptors (Lipinski definition) is 7. The van der Waals surface area contributed by atoms with E-state index in [1.807, 2.05) is 36.9 Å². The Labute approximate surface area is 343 Å². The van der Waals surface area contributed by atoms with Crippen LogP contribution in [0.15, 0.2) is 96.2 Å². The number of hydrogen-bond donors (Lipinski definition) is 0. The molecule has 12 heteroatoms. The molecule has 4 aromatic carbocycles. The fourth-order valence-electron chi connectivity index (χ4n) is 7.70. The molecule has 4 bridgehead atoms. The van der Waals surface area contributed by atoms with Crippen molar-refractivity contribution in [2.24, 2.45) is 5.41 Å². The maximum absolute atomic E-state index is 16.4. The minimum absolute atomic E-state index is 0.0262. The second-order valence-electron chi connectivity index (χ2n) is 15.8. The van der Waals surface area contributed by atoms with Gasteiger partial charge in [0, 0.05) is 41.4 Å². The van der Waals surface area contributed by atoms with Crippen LogP contribution in [0.5, 0.6) is 11.5 Å². The van der Waals surface area contributed by atoms with Crippen molar-refractivity contribution in [3.05, 3.63) is 131 Å². The number of esters is 1. The summed E-state index contributed by atoms with van der Waals surface area (Å²) >= 11 is 1.76. The quantitative estimate of drug-likeness (QED) is 0.148. The lowest BCUT2D eigenvalue weighted by Gasteiger charge is -2.26.